The molecule has 0 bridgehead atoms. The Kier molecular flexibility index (Phi) is 3.08. The van der Waals surface area contributed by atoms with E-state index in [4.69, 9.17) is 11.6 Å². The van der Waals surface area contributed by atoms with Crippen molar-refractivity contribution in [2.45, 2.75) is 6.92 Å². The van der Waals surface area contributed by atoms with Gasteiger partial charge in [-0.1, -0.05) is 28.9 Å². The number of nitrogens with one attached hydrogen (secondary N) is 1. The van der Waals surface area contributed by atoms with Crippen LogP contribution in [-0.2, 0) is 0 Å². The molecule has 0 atom stereocenters. The quantitative estimate of drug-likeness (QED) is 0.783. The number of nitrogens with zero attached hydrogens (tertiary/aromatic N) is 3. The summed E-state index contributed by atoms with van der Waals surface area (Å²) in [7, 11) is 0. The van der Waals surface area contributed by atoms with Gasteiger partial charge in [-0.3, -0.25) is 9.51 Å². The highest BCUT2D eigenvalue weighted by atomic mass is 35.5. The number of rotatable bonds is 2. The molecule has 0 aliphatic carbocycles. The van der Waals surface area contributed by atoms with E-state index in [-0.39, 0.29) is 5.82 Å². The molecule has 0 aliphatic heterocycles. The van der Waals surface area contributed by atoms with Crippen molar-refractivity contribution in [1.29, 1.82) is 0 Å². The Balaban J connectivity index is 2.07. The Morgan fingerprint density at radius 3 is 2.70 bits per heavy atom. The number of aromatic amines is 1. The zero-order chi connectivity index (χ0) is 14.1. The van der Waals surface area contributed by atoms with Crippen LogP contribution >= 0.6 is 11.6 Å². The van der Waals surface area contributed by atoms with Crippen molar-refractivity contribution in [1.82, 2.24) is 20.1 Å². The van der Waals surface area contributed by atoms with E-state index in [9.17, 15) is 4.79 Å². The molecular weight excluding hydrogens is 280 g/mol. The van der Waals surface area contributed by atoms with E-state index in [1.807, 2.05) is 25.1 Å². The molecule has 0 spiro atoms. The van der Waals surface area contributed by atoms with Crippen molar-refractivity contribution < 1.29 is 4.52 Å². The first-order chi connectivity index (χ1) is 9.63. The summed E-state index contributed by atoms with van der Waals surface area (Å²) >= 11 is 6.11. The van der Waals surface area contributed by atoms with Crippen molar-refractivity contribution in [2.24, 2.45) is 0 Å². The lowest BCUT2D eigenvalue weighted by Gasteiger charge is -2.04. The van der Waals surface area contributed by atoms with Crippen molar-refractivity contribution in [3.63, 3.8) is 0 Å². The molecule has 0 amide bonds. The molecule has 1 N–H and O–H groups in total. The minimum Gasteiger partial charge on any atom is -0.296 e. The molecule has 0 aliphatic rings. The SMILES string of the molecule is Cc1ccc(-c2cc(-c3noc(=O)[nH]3)ncn2)cc1Cl. The second kappa shape index (κ2) is 4.90. The summed E-state index contributed by atoms with van der Waals surface area (Å²) in [6, 6.07) is 7.36. The van der Waals surface area contributed by atoms with Crippen LogP contribution in [0.2, 0.25) is 5.02 Å². The molecule has 0 radical (unpaired) electrons. The van der Waals surface area contributed by atoms with Gasteiger partial charge in [0, 0.05) is 10.6 Å². The Morgan fingerprint density at radius 1 is 1.20 bits per heavy atom. The number of hydrogen-bond acceptors (Lipinski definition) is 5. The summed E-state index contributed by atoms with van der Waals surface area (Å²) in [6.45, 7) is 1.93. The van der Waals surface area contributed by atoms with Gasteiger partial charge in [0.25, 0.3) is 0 Å². The average molecular weight is 289 g/mol. The third-order valence-corrected chi connectivity index (χ3v) is 3.22. The average Bonchev–Trinajstić information content (AvgIpc) is 2.89. The van der Waals surface area contributed by atoms with Gasteiger partial charge in [0.2, 0.25) is 5.82 Å². The molecule has 2 heterocycles. The van der Waals surface area contributed by atoms with Crippen LogP contribution < -0.4 is 5.76 Å². The molecule has 3 aromatic rings. The largest absolute Gasteiger partial charge is 0.439 e. The lowest BCUT2D eigenvalue weighted by atomic mass is 10.1. The van der Waals surface area contributed by atoms with Crippen LogP contribution in [0.5, 0.6) is 0 Å². The zero-order valence-electron chi connectivity index (χ0n) is 10.4. The summed E-state index contributed by atoms with van der Waals surface area (Å²) in [4.78, 5) is 21.6. The fourth-order valence-corrected chi connectivity index (χ4v) is 1.92. The number of H-pyrrole nitrogens is 1. The molecular formula is C13H9ClN4O2. The summed E-state index contributed by atoms with van der Waals surface area (Å²) in [5.74, 6) is -0.365. The van der Waals surface area contributed by atoms with Gasteiger partial charge in [-0.2, -0.15) is 0 Å². The lowest BCUT2D eigenvalue weighted by Crippen LogP contribution is -1.96. The molecule has 20 heavy (non-hydrogen) atoms. The van der Waals surface area contributed by atoms with Crippen molar-refractivity contribution >= 4 is 11.6 Å². The van der Waals surface area contributed by atoms with Gasteiger partial charge in [-0.25, -0.2) is 14.8 Å². The maximum Gasteiger partial charge on any atom is 0.439 e. The standard InChI is InChI=1S/C13H9ClN4O2/c1-7-2-3-8(4-9(7)14)10-5-11(16-6-15-10)12-17-13(19)20-18-12/h2-6H,1H3,(H,17,18,19). The van der Waals surface area contributed by atoms with E-state index in [2.05, 4.69) is 24.6 Å². The third-order valence-electron chi connectivity index (χ3n) is 2.82. The maximum atomic E-state index is 11.0. The Morgan fingerprint density at radius 2 is 2.00 bits per heavy atom. The highest BCUT2D eigenvalue weighted by Crippen LogP contribution is 2.25. The number of hydrogen-bond donors (Lipinski definition) is 1. The number of benzene rings is 1. The van der Waals surface area contributed by atoms with E-state index >= 15 is 0 Å². The summed E-state index contributed by atoms with van der Waals surface area (Å²) in [6.07, 6.45) is 1.39. The van der Waals surface area contributed by atoms with Crippen molar-refractivity contribution in [3.05, 3.63) is 51.7 Å². The smallest absolute Gasteiger partial charge is 0.296 e. The Bertz CT molecular complexity index is 825. The molecule has 0 fully saturated rings. The van der Waals surface area contributed by atoms with Gasteiger partial charge in [0.15, 0.2) is 0 Å². The fraction of sp³-hybridized carbons (Fsp3) is 0.0769. The highest BCUT2D eigenvalue weighted by Gasteiger charge is 2.09. The van der Waals surface area contributed by atoms with Crippen LogP contribution in [-0.4, -0.2) is 20.1 Å². The van der Waals surface area contributed by atoms with Gasteiger partial charge in [0.05, 0.1) is 5.69 Å². The van der Waals surface area contributed by atoms with Crippen LogP contribution in [0.4, 0.5) is 0 Å². The minimum absolute atomic E-state index is 0.261. The topological polar surface area (TPSA) is 84.7 Å². The molecule has 1 aromatic carbocycles. The van der Waals surface area contributed by atoms with Crippen molar-refractivity contribution in [2.75, 3.05) is 0 Å². The summed E-state index contributed by atoms with van der Waals surface area (Å²) < 4.78 is 4.46. The first-order valence-corrected chi connectivity index (χ1v) is 6.16. The molecule has 0 saturated heterocycles. The predicted octanol–water partition coefficient (Wildman–Crippen LogP) is 2.45. The molecule has 100 valence electrons. The van der Waals surface area contributed by atoms with E-state index in [1.165, 1.54) is 6.33 Å². The predicted molar refractivity (Wildman–Crippen MR) is 73.3 cm³/mol. The molecule has 7 heteroatoms. The number of aryl methyl sites for hydroxylation is 1. The normalized spacial score (nSPS) is 10.7. The maximum absolute atomic E-state index is 11.0. The fourth-order valence-electron chi connectivity index (χ4n) is 1.74. The van der Waals surface area contributed by atoms with Crippen LogP contribution in [0, 0.1) is 6.92 Å². The first-order valence-electron chi connectivity index (χ1n) is 5.78. The Labute approximate surface area is 118 Å². The number of aromatic nitrogens is 4. The molecule has 6 nitrogen and oxygen atoms in total. The van der Waals surface area contributed by atoms with E-state index in [0.717, 1.165) is 11.1 Å². The molecule has 3 rings (SSSR count). The van der Waals surface area contributed by atoms with Crippen LogP contribution in [0.15, 0.2) is 39.9 Å². The van der Waals surface area contributed by atoms with E-state index < -0.39 is 5.76 Å². The second-order valence-corrected chi connectivity index (χ2v) is 4.60. The van der Waals surface area contributed by atoms with Crippen LogP contribution in [0.1, 0.15) is 5.56 Å². The summed E-state index contributed by atoms with van der Waals surface area (Å²) in [5.41, 5.74) is 3.00. The third kappa shape index (κ3) is 2.33. The lowest BCUT2D eigenvalue weighted by molar-refractivity contribution is 0.387. The van der Waals surface area contributed by atoms with Gasteiger partial charge in [-0.15, -0.1) is 0 Å². The minimum atomic E-state index is -0.626. The van der Waals surface area contributed by atoms with Crippen molar-refractivity contribution in [3.8, 4) is 22.8 Å². The van der Waals surface area contributed by atoms with E-state index in [0.29, 0.717) is 16.4 Å². The number of halogens is 1. The van der Waals surface area contributed by atoms with Crippen LogP contribution in [0.25, 0.3) is 22.8 Å². The molecule has 2 aromatic heterocycles. The Hall–Kier alpha value is -2.47. The van der Waals surface area contributed by atoms with Gasteiger partial charge < -0.3 is 0 Å². The molecule has 0 unspecified atom stereocenters. The first kappa shape index (κ1) is 12.6. The summed E-state index contributed by atoms with van der Waals surface area (Å²) in [5, 5.41) is 4.26. The van der Waals surface area contributed by atoms with Crippen LogP contribution in [0.3, 0.4) is 0 Å². The monoisotopic (exact) mass is 288 g/mol. The van der Waals surface area contributed by atoms with Gasteiger partial charge >= 0.3 is 5.76 Å². The van der Waals surface area contributed by atoms with Gasteiger partial charge in [0.1, 0.15) is 12.0 Å². The van der Waals surface area contributed by atoms with E-state index in [1.54, 1.807) is 6.07 Å². The van der Waals surface area contributed by atoms with Gasteiger partial charge in [-0.05, 0) is 24.6 Å². The second-order valence-electron chi connectivity index (χ2n) is 4.20. The zero-order valence-corrected chi connectivity index (χ0v) is 11.2. The molecule has 0 saturated carbocycles. The highest BCUT2D eigenvalue weighted by molar-refractivity contribution is 6.31.